The molecule has 0 bridgehead atoms. The molecular formula is C35H70N8O4. The summed E-state index contributed by atoms with van der Waals surface area (Å²) in [5.74, 6) is -0.330. The van der Waals surface area contributed by atoms with Crippen molar-refractivity contribution >= 4 is 23.6 Å². The highest BCUT2D eigenvalue weighted by atomic mass is 16.2. The Bertz CT molecular complexity index is 865. The van der Waals surface area contributed by atoms with Gasteiger partial charge < -0.3 is 31.1 Å². The van der Waals surface area contributed by atoms with Crippen LogP contribution in [0, 0.1) is 0 Å². The third-order valence-corrected chi connectivity index (χ3v) is 8.98. The van der Waals surface area contributed by atoms with E-state index in [1.165, 1.54) is 51.4 Å². The predicted molar refractivity (Wildman–Crippen MR) is 191 cm³/mol. The predicted octanol–water partition coefficient (Wildman–Crippen LogP) is 2.04. The van der Waals surface area contributed by atoms with Crippen molar-refractivity contribution in [2.75, 3.05) is 94.1 Å². The molecule has 0 aromatic rings. The van der Waals surface area contributed by atoms with E-state index in [1.54, 1.807) is 7.05 Å². The summed E-state index contributed by atoms with van der Waals surface area (Å²) in [5, 5.41) is 11.7. The monoisotopic (exact) mass is 667 g/mol. The van der Waals surface area contributed by atoms with Gasteiger partial charge in [-0.25, -0.2) is 0 Å². The summed E-state index contributed by atoms with van der Waals surface area (Å²) in [6, 6.07) is 0.147. The molecule has 12 nitrogen and oxygen atoms in total. The topological polar surface area (TPSA) is 129 Å². The molecule has 47 heavy (non-hydrogen) atoms. The minimum Gasteiger partial charge on any atom is -0.358 e. The van der Waals surface area contributed by atoms with Crippen LogP contribution in [0.3, 0.4) is 0 Å². The van der Waals surface area contributed by atoms with Gasteiger partial charge in [0, 0.05) is 51.9 Å². The maximum Gasteiger partial charge on any atom is 0.234 e. The Hall–Kier alpha value is -2.28. The van der Waals surface area contributed by atoms with Gasteiger partial charge in [0.05, 0.1) is 26.2 Å². The highest BCUT2D eigenvalue weighted by Gasteiger charge is 2.32. The second-order valence-electron chi connectivity index (χ2n) is 13.8. The minimum absolute atomic E-state index is 0.0419. The molecular weight excluding hydrogens is 596 g/mol. The molecule has 0 atom stereocenters. The van der Waals surface area contributed by atoms with Crippen LogP contribution in [-0.4, -0.2) is 149 Å². The van der Waals surface area contributed by atoms with Gasteiger partial charge in [-0.15, -0.1) is 0 Å². The Labute approximate surface area is 286 Å². The molecule has 4 amide bonds. The van der Waals surface area contributed by atoms with Crippen molar-refractivity contribution in [3.63, 3.8) is 0 Å². The second-order valence-corrected chi connectivity index (χ2v) is 13.8. The van der Waals surface area contributed by atoms with Crippen LogP contribution in [0.15, 0.2) is 0 Å². The number of carbonyl (C=O) groups excluding carboxylic acids is 4. The van der Waals surface area contributed by atoms with Crippen LogP contribution < -0.4 is 21.3 Å². The van der Waals surface area contributed by atoms with E-state index >= 15 is 0 Å². The number of hydrogen-bond acceptors (Lipinski definition) is 8. The van der Waals surface area contributed by atoms with E-state index < -0.39 is 0 Å². The smallest absolute Gasteiger partial charge is 0.234 e. The summed E-state index contributed by atoms with van der Waals surface area (Å²) in [5.41, 5.74) is 0. The fourth-order valence-electron chi connectivity index (χ4n) is 6.08. The van der Waals surface area contributed by atoms with Gasteiger partial charge in [0.25, 0.3) is 0 Å². The van der Waals surface area contributed by atoms with Gasteiger partial charge >= 0.3 is 0 Å². The summed E-state index contributed by atoms with van der Waals surface area (Å²) in [7, 11) is 9.47. The van der Waals surface area contributed by atoms with Gasteiger partial charge in [-0.1, -0.05) is 64.7 Å². The lowest BCUT2D eigenvalue weighted by atomic mass is 9.89. The van der Waals surface area contributed by atoms with E-state index in [2.05, 4.69) is 28.2 Å². The molecule has 12 heteroatoms. The lowest BCUT2D eigenvalue weighted by molar-refractivity contribution is -0.129. The molecule has 4 N–H and O–H groups in total. The average Bonchev–Trinajstić information content (AvgIpc) is 3.02. The molecule has 1 fully saturated rings. The van der Waals surface area contributed by atoms with Gasteiger partial charge in [0.15, 0.2) is 0 Å². The summed E-state index contributed by atoms with van der Waals surface area (Å²) < 4.78 is 0. The highest BCUT2D eigenvalue weighted by molar-refractivity contribution is 5.81. The van der Waals surface area contributed by atoms with E-state index in [4.69, 9.17) is 0 Å². The van der Waals surface area contributed by atoms with Gasteiger partial charge in [0.1, 0.15) is 0 Å². The molecule has 274 valence electrons. The third kappa shape index (κ3) is 22.1. The van der Waals surface area contributed by atoms with E-state index in [9.17, 15) is 19.2 Å². The molecule has 0 aromatic carbocycles. The molecule has 0 spiro atoms. The summed E-state index contributed by atoms with van der Waals surface area (Å²) in [6.45, 7) is 6.20. The van der Waals surface area contributed by atoms with Crippen molar-refractivity contribution in [2.24, 2.45) is 0 Å². The first-order valence-electron chi connectivity index (χ1n) is 18.3. The zero-order valence-electron chi connectivity index (χ0n) is 30.8. The van der Waals surface area contributed by atoms with Crippen LogP contribution in [0.1, 0.15) is 96.8 Å². The number of nitrogens with one attached hydrogen (secondary N) is 4. The number of rotatable bonds is 27. The highest BCUT2D eigenvalue weighted by Crippen LogP contribution is 2.26. The normalized spacial score (nSPS) is 16.6. The Balaban J connectivity index is 2.66. The lowest BCUT2D eigenvalue weighted by Gasteiger charge is -2.40. The molecule has 0 heterocycles. The molecule has 0 aromatic heterocycles. The van der Waals surface area contributed by atoms with Crippen LogP contribution in [0.25, 0.3) is 0 Å². The number of carbonyl (C=O) groups is 4. The molecule has 0 radical (unpaired) electrons. The zero-order chi connectivity index (χ0) is 34.9. The molecule has 1 rings (SSSR count). The molecule has 0 saturated heterocycles. The first kappa shape index (κ1) is 42.7. The van der Waals surface area contributed by atoms with Crippen molar-refractivity contribution < 1.29 is 19.2 Å². The summed E-state index contributed by atoms with van der Waals surface area (Å²) in [6.07, 6.45) is 15.7. The molecule has 0 aliphatic heterocycles. The number of hydrogen-bond donors (Lipinski definition) is 4. The summed E-state index contributed by atoms with van der Waals surface area (Å²) in [4.78, 5) is 59.0. The maximum absolute atomic E-state index is 13.0. The van der Waals surface area contributed by atoms with E-state index in [0.717, 1.165) is 51.6 Å². The molecule has 1 aliphatic carbocycles. The summed E-state index contributed by atoms with van der Waals surface area (Å²) >= 11 is 0. The van der Waals surface area contributed by atoms with Crippen LogP contribution in [-0.2, 0) is 19.2 Å². The van der Waals surface area contributed by atoms with E-state index in [0.29, 0.717) is 19.6 Å². The van der Waals surface area contributed by atoms with Gasteiger partial charge in [-0.2, -0.15) is 0 Å². The Morgan fingerprint density at radius 1 is 0.511 bits per heavy atom. The van der Waals surface area contributed by atoms with Crippen molar-refractivity contribution in [3.8, 4) is 0 Å². The van der Waals surface area contributed by atoms with Crippen molar-refractivity contribution in [3.05, 3.63) is 0 Å². The van der Waals surface area contributed by atoms with Crippen LogP contribution in [0.2, 0.25) is 0 Å². The first-order valence-corrected chi connectivity index (χ1v) is 18.3. The maximum atomic E-state index is 13.0. The largest absolute Gasteiger partial charge is 0.358 e. The van der Waals surface area contributed by atoms with Crippen LogP contribution >= 0.6 is 0 Å². The standard InChI is InChI=1S/C35H70N8O4/c1-7-8-9-10-11-12-13-14-15-16-21-37-33(45)27-43(29-35(47)39-23-25-41(5)6)31-19-17-30(18-20-31)42(26-32(44)36-2)28-34(46)38-22-24-40(3)4/h30-31H,7-29H2,1-6H3,(H,36,44)(H,37,45)(H,38,46)(H,39,47). The molecule has 1 saturated carbocycles. The fraction of sp³-hybridized carbons (Fsp3) is 0.886. The van der Waals surface area contributed by atoms with Gasteiger partial charge in [-0.05, 0) is 60.3 Å². The van der Waals surface area contributed by atoms with Crippen molar-refractivity contribution in [2.45, 2.75) is 109 Å². The van der Waals surface area contributed by atoms with Crippen molar-refractivity contribution in [1.29, 1.82) is 0 Å². The second kappa shape index (κ2) is 26.6. The van der Waals surface area contributed by atoms with Crippen LogP contribution in [0.5, 0.6) is 0 Å². The Morgan fingerprint density at radius 3 is 1.21 bits per heavy atom. The van der Waals surface area contributed by atoms with Gasteiger partial charge in [0.2, 0.25) is 23.6 Å². The number of amides is 4. The average molecular weight is 667 g/mol. The number of nitrogens with zero attached hydrogens (tertiary/aromatic N) is 4. The zero-order valence-corrected chi connectivity index (χ0v) is 30.8. The van der Waals surface area contributed by atoms with Crippen LogP contribution in [0.4, 0.5) is 0 Å². The SMILES string of the molecule is CCCCCCCCCCCCNC(=O)CN(CC(=O)NCCN(C)C)C1CCC(N(CC(=O)NC)CC(=O)NCCN(C)C)CC1. The Morgan fingerprint density at radius 2 is 0.851 bits per heavy atom. The number of likely N-dealkylation sites (N-methyl/N-ethyl adjacent to an activating group) is 3. The lowest BCUT2D eigenvalue weighted by Crippen LogP contribution is -2.52. The van der Waals surface area contributed by atoms with Gasteiger partial charge in [-0.3, -0.25) is 29.0 Å². The number of unbranched alkanes of at least 4 members (excludes halogenated alkanes) is 9. The minimum atomic E-state index is -0.122. The van der Waals surface area contributed by atoms with E-state index in [-0.39, 0.29) is 61.9 Å². The quantitative estimate of drug-likeness (QED) is 0.0982. The van der Waals surface area contributed by atoms with Crippen molar-refractivity contribution in [1.82, 2.24) is 40.9 Å². The third-order valence-electron chi connectivity index (χ3n) is 8.98. The molecule has 0 unspecified atom stereocenters. The van der Waals surface area contributed by atoms with E-state index in [1.807, 2.05) is 47.8 Å². The first-order chi connectivity index (χ1) is 22.5. The fourth-order valence-corrected chi connectivity index (χ4v) is 6.08. The Kier molecular flexibility index (Phi) is 24.2. The molecule has 1 aliphatic rings.